The molecule has 1 aliphatic rings. The van der Waals surface area contributed by atoms with Crippen molar-refractivity contribution < 1.29 is 12.9 Å². The van der Waals surface area contributed by atoms with E-state index in [1.165, 1.54) is 10.6 Å². The van der Waals surface area contributed by atoms with E-state index < -0.39 is 10.0 Å². The van der Waals surface area contributed by atoms with E-state index in [1.54, 1.807) is 6.07 Å². The lowest BCUT2D eigenvalue weighted by Crippen LogP contribution is -2.48. The molecule has 2 aromatic heterocycles. The van der Waals surface area contributed by atoms with E-state index in [1.807, 2.05) is 19.3 Å². The van der Waals surface area contributed by atoms with Gasteiger partial charge < -0.3 is 9.42 Å². The number of hydrogen-bond donors (Lipinski definition) is 0. The summed E-state index contributed by atoms with van der Waals surface area (Å²) in [6.45, 7) is 7.41. The van der Waals surface area contributed by atoms with Gasteiger partial charge in [-0.3, -0.25) is 4.90 Å². The van der Waals surface area contributed by atoms with Crippen molar-refractivity contribution in [2.75, 3.05) is 38.1 Å². The maximum absolute atomic E-state index is 12.5. The zero-order valence-electron chi connectivity index (χ0n) is 16.1. The molecule has 27 heavy (non-hydrogen) atoms. The Kier molecular flexibility index (Phi) is 6.13. The van der Waals surface area contributed by atoms with Crippen LogP contribution < -0.4 is 4.90 Å². The van der Waals surface area contributed by atoms with Gasteiger partial charge in [0, 0.05) is 58.1 Å². The van der Waals surface area contributed by atoms with E-state index in [0.29, 0.717) is 37.9 Å². The number of sulfonamides is 1. The first-order chi connectivity index (χ1) is 12.8. The average molecular weight is 394 g/mol. The molecule has 1 fully saturated rings. The van der Waals surface area contributed by atoms with Gasteiger partial charge in [0.25, 0.3) is 0 Å². The first kappa shape index (κ1) is 19.8. The summed E-state index contributed by atoms with van der Waals surface area (Å²) in [6, 6.07) is 6.11. The smallest absolute Gasteiger partial charge is 0.220 e. The summed E-state index contributed by atoms with van der Waals surface area (Å²) in [6.07, 6.45) is 3.29. The Hall–Kier alpha value is -1.97. The standard InChI is InChI=1S/C18H27N5O3S/c1-15(2)21(3)18-5-4-16(12-19-18)13-22-7-9-23(10-8-22)27(24,25)14-17-6-11-26-20-17/h4-6,11-12,15H,7-10,13-14H2,1-3H3. The van der Waals surface area contributed by atoms with Crippen LogP contribution in [0.4, 0.5) is 5.82 Å². The van der Waals surface area contributed by atoms with E-state index in [-0.39, 0.29) is 5.75 Å². The third kappa shape index (κ3) is 5.06. The van der Waals surface area contributed by atoms with Gasteiger partial charge in [-0.05, 0) is 25.5 Å². The monoisotopic (exact) mass is 393 g/mol. The van der Waals surface area contributed by atoms with Gasteiger partial charge in [0.1, 0.15) is 17.8 Å². The second-order valence-corrected chi connectivity index (χ2v) is 9.12. The van der Waals surface area contributed by atoms with Gasteiger partial charge in [0.05, 0.1) is 5.69 Å². The highest BCUT2D eigenvalue weighted by atomic mass is 32.2. The summed E-state index contributed by atoms with van der Waals surface area (Å²) >= 11 is 0. The van der Waals surface area contributed by atoms with E-state index in [2.05, 4.69) is 39.9 Å². The van der Waals surface area contributed by atoms with Gasteiger partial charge in [-0.25, -0.2) is 13.4 Å². The van der Waals surface area contributed by atoms with E-state index >= 15 is 0 Å². The van der Waals surface area contributed by atoms with Crippen LogP contribution in [0.3, 0.4) is 0 Å². The number of piperazine rings is 1. The molecule has 1 aliphatic heterocycles. The zero-order chi connectivity index (χ0) is 19.4. The number of rotatable bonds is 7. The molecule has 0 atom stereocenters. The molecule has 3 heterocycles. The Labute approximate surface area is 160 Å². The van der Waals surface area contributed by atoms with Crippen molar-refractivity contribution in [3.63, 3.8) is 0 Å². The third-order valence-electron chi connectivity index (χ3n) is 4.90. The predicted octanol–water partition coefficient (Wildman–Crippen LogP) is 1.56. The summed E-state index contributed by atoms with van der Waals surface area (Å²) in [4.78, 5) is 8.92. The Morgan fingerprint density at radius 2 is 1.93 bits per heavy atom. The molecule has 0 saturated carbocycles. The Balaban J connectivity index is 1.52. The van der Waals surface area contributed by atoms with E-state index in [9.17, 15) is 8.42 Å². The normalized spacial score (nSPS) is 16.7. The second-order valence-electron chi connectivity index (χ2n) is 7.15. The number of aromatic nitrogens is 2. The van der Waals surface area contributed by atoms with Crippen LogP contribution in [0, 0.1) is 0 Å². The van der Waals surface area contributed by atoms with Crippen LogP contribution in [-0.2, 0) is 22.3 Å². The lowest BCUT2D eigenvalue weighted by molar-refractivity contribution is 0.181. The fourth-order valence-electron chi connectivity index (χ4n) is 3.00. The summed E-state index contributed by atoms with van der Waals surface area (Å²) < 4.78 is 31.2. The number of pyridine rings is 1. The first-order valence-corrected chi connectivity index (χ1v) is 10.7. The van der Waals surface area contributed by atoms with Gasteiger partial charge >= 0.3 is 0 Å². The Morgan fingerprint density at radius 1 is 1.19 bits per heavy atom. The second kappa shape index (κ2) is 8.37. The van der Waals surface area contributed by atoms with Gasteiger partial charge in [-0.2, -0.15) is 4.31 Å². The minimum Gasteiger partial charge on any atom is -0.364 e. The number of anilines is 1. The Morgan fingerprint density at radius 3 is 2.48 bits per heavy atom. The minimum absolute atomic E-state index is 0.113. The lowest BCUT2D eigenvalue weighted by atomic mass is 10.2. The maximum Gasteiger partial charge on any atom is 0.220 e. The highest BCUT2D eigenvalue weighted by Crippen LogP contribution is 2.16. The molecular formula is C18H27N5O3S. The van der Waals surface area contributed by atoms with Gasteiger partial charge in [-0.15, -0.1) is 0 Å². The molecule has 8 nitrogen and oxygen atoms in total. The molecule has 148 valence electrons. The van der Waals surface area contributed by atoms with E-state index in [0.717, 1.165) is 17.9 Å². The molecule has 0 spiro atoms. The highest BCUT2D eigenvalue weighted by molar-refractivity contribution is 7.88. The minimum atomic E-state index is -3.36. The van der Waals surface area contributed by atoms with E-state index in [4.69, 9.17) is 4.52 Å². The van der Waals surface area contributed by atoms with Gasteiger partial charge in [-0.1, -0.05) is 11.2 Å². The molecule has 2 aromatic rings. The molecule has 0 N–H and O–H groups in total. The fraction of sp³-hybridized carbons (Fsp3) is 0.556. The zero-order valence-corrected chi connectivity index (χ0v) is 16.9. The summed E-state index contributed by atoms with van der Waals surface area (Å²) in [5.41, 5.74) is 1.57. The first-order valence-electron chi connectivity index (χ1n) is 9.12. The largest absolute Gasteiger partial charge is 0.364 e. The van der Waals surface area contributed by atoms with Crippen LogP contribution in [0.2, 0.25) is 0 Å². The summed E-state index contributed by atoms with van der Waals surface area (Å²) in [7, 11) is -1.33. The van der Waals surface area contributed by atoms with Crippen molar-refractivity contribution in [3.05, 3.63) is 41.9 Å². The molecule has 3 rings (SSSR count). The van der Waals surface area contributed by atoms with Crippen LogP contribution in [0.5, 0.6) is 0 Å². The fourth-order valence-corrected chi connectivity index (χ4v) is 4.42. The molecule has 1 saturated heterocycles. The number of nitrogens with zero attached hydrogens (tertiary/aromatic N) is 5. The van der Waals surface area contributed by atoms with Crippen LogP contribution in [0.25, 0.3) is 0 Å². The van der Waals surface area contributed by atoms with Crippen LogP contribution in [0.15, 0.2) is 35.2 Å². The van der Waals surface area contributed by atoms with Crippen LogP contribution in [0.1, 0.15) is 25.1 Å². The van der Waals surface area contributed by atoms with Crippen molar-refractivity contribution in [2.24, 2.45) is 0 Å². The molecule has 0 unspecified atom stereocenters. The molecule has 0 bridgehead atoms. The highest BCUT2D eigenvalue weighted by Gasteiger charge is 2.27. The average Bonchev–Trinajstić information content (AvgIpc) is 3.14. The van der Waals surface area contributed by atoms with Crippen molar-refractivity contribution in [2.45, 2.75) is 32.2 Å². The number of hydrogen-bond acceptors (Lipinski definition) is 7. The Bertz CT molecular complexity index is 813. The molecule has 0 amide bonds. The maximum atomic E-state index is 12.5. The molecule has 0 aliphatic carbocycles. The van der Waals surface area contributed by atoms with Crippen molar-refractivity contribution in [3.8, 4) is 0 Å². The van der Waals surface area contributed by atoms with Crippen molar-refractivity contribution >= 4 is 15.8 Å². The van der Waals surface area contributed by atoms with Crippen LogP contribution >= 0.6 is 0 Å². The third-order valence-corrected chi connectivity index (χ3v) is 6.71. The molecule has 0 aromatic carbocycles. The summed E-state index contributed by atoms with van der Waals surface area (Å²) in [5.74, 6) is 0.843. The lowest BCUT2D eigenvalue weighted by Gasteiger charge is -2.33. The predicted molar refractivity (Wildman–Crippen MR) is 104 cm³/mol. The van der Waals surface area contributed by atoms with Gasteiger partial charge in [0.15, 0.2) is 0 Å². The quantitative estimate of drug-likeness (QED) is 0.706. The van der Waals surface area contributed by atoms with Crippen molar-refractivity contribution in [1.29, 1.82) is 0 Å². The molecule has 0 radical (unpaired) electrons. The SMILES string of the molecule is CC(C)N(C)c1ccc(CN2CCN(S(=O)(=O)Cc3ccon3)CC2)cn1. The topological polar surface area (TPSA) is 82.8 Å². The van der Waals surface area contributed by atoms with Gasteiger partial charge in [0.2, 0.25) is 10.0 Å². The molecule has 9 heteroatoms. The van der Waals surface area contributed by atoms with Crippen molar-refractivity contribution in [1.82, 2.24) is 19.3 Å². The van der Waals surface area contributed by atoms with Crippen LogP contribution in [-0.4, -0.2) is 67.0 Å². The summed E-state index contributed by atoms with van der Waals surface area (Å²) in [5, 5.41) is 3.70. The molecular weight excluding hydrogens is 366 g/mol.